The molecule has 1 heterocycles. The molecule has 0 aromatic rings. The van der Waals surface area contributed by atoms with Crippen LogP contribution in [0.3, 0.4) is 0 Å². The van der Waals surface area contributed by atoms with Crippen molar-refractivity contribution in [3.05, 3.63) is 0 Å². The van der Waals surface area contributed by atoms with Crippen molar-refractivity contribution in [2.24, 2.45) is 11.7 Å². The number of rotatable bonds is 2. The SMILES string of the molecule is Cl.N[C@H]1CCC[C@@H](C(=O)N2CCN(CC(F)(F)F)CC2)C1. The van der Waals surface area contributed by atoms with Crippen LogP contribution in [0.25, 0.3) is 0 Å². The summed E-state index contributed by atoms with van der Waals surface area (Å²) in [6, 6.07) is 0.0872. The normalized spacial score (nSPS) is 28.1. The van der Waals surface area contributed by atoms with Gasteiger partial charge in [-0.2, -0.15) is 13.2 Å². The Balaban J connectivity index is 0.00000220. The molecule has 1 amide bonds. The van der Waals surface area contributed by atoms with Gasteiger partial charge >= 0.3 is 6.18 Å². The van der Waals surface area contributed by atoms with Crippen molar-refractivity contribution in [2.75, 3.05) is 32.7 Å². The van der Waals surface area contributed by atoms with E-state index in [1.807, 2.05) is 0 Å². The molecule has 2 fully saturated rings. The lowest BCUT2D eigenvalue weighted by Gasteiger charge is -2.37. The molecule has 2 atom stereocenters. The Morgan fingerprint density at radius 3 is 2.29 bits per heavy atom. The number of hydrogen-bond acceptors (Lipinski definition) is 3. The summed E-state index contributed by atoms with van der Waals surface area (Å²) in [5.74, 6) is 0.0414. The third-order valence-corrected chi connectivity index (χ3v) is 4.15. The second-order valence-corrected chi connectivity index (χ2v) is 5.84. The number of alkyl halides is 3. The molecule has 4 nitrogen and oxygen atoms in total. The van der Waals surface area contributed by atoms with Gasteiger partial charge in [0.15, 0.2) is 0 Å². The van der Waals surface area contributed by atoms with Crippen LogP contribution in [-0.2, 0) is 4.79 Å². The third kappa shape index (κ3) is 5.64. The summed E-state index contributed by atoms with van der Waals surface area (Å²) in [6.07, 6.45) is -0.673. The van der Waals surface area contributed by atoms with Crippen molar-refractivity contribution < 1.29 is 18.0 Å². The van der Waals surface area contributed by atoms with Crippen LogP contribution in [0.5, 0.6) is 0 Å². The summed E-state index contributed by atoms with van der Waals surface area (Å²) in [7, 11) is 0. The molecule has 8 heteroatoms. The summed E-state index contributed by atoms with van der Waals surface area (Å²) in [5, 5.41) is 0. The Kier molecular flexibility index (Phi) is 6.74. The zero-order chi connectivity index (χ0) is 14.8. The van der Waals surface area contributed by atoms with Crippen LogP contribution in [0.15, 0.2) is 0 Å². The summed E-state index contributed by atoms with van der Waals surface area (Å²) >= 11 is 0. The number of carbonyl (C=O) groups excluding carboxylic acids is 1. The van der Waals surface area contributed by atoms with Gasteiger partial charge in [0.05, 0.1) is 6.54 Å². The average Bonchev–Trinajstić information content (AvgIpc) is 2.37. The van der Waals surface area contributed by atoms with E-state index in [0.717, 1.165) is 19.3 Å². The van der Waals surface area contributed by atoms with Crippen molar-refractivity contribution in [3.8, 4) is 0 Å². The Morgan fingerprint density at radius 1 is 1.14 bits per heavy atom. The zero-order valence-corrected chi connectivity index (χ0v) is 12.8. The summed E-state index contributed by atoms with van der Waals surface area (Å²) in [6.45, 7) is 0.485. The minimum Gasteiger partial charge on any atom is -0.340 e. The van der Waals surface area contributed by atoms with E-state index in [1.54, 1.807) is 4.90 Å². The number of piperazine rings is 1. The lowest BCUT2D eigenvalue weighted by molar-refractivity contribution is -0.153. The van der Waals surface area contributed by atoms with Gasteiger partial charge in [-0.1, -0.05) is 6.42 Å². The molecule has 2 N–H and O–H groups in total. The van der Waals surface area contributed by atoms with Crippen molar-refractivity contribution in [2.45, 2.75) is 37.9 Å². The first-order valence-electron chi connectivity index (χ1n) is 7.18. The van der Waals surface area contributed by atoms with E-state index in [4.69, 9.17) is 5.73 Å². The second kappa shape index (κ2) is 7.65. The summed E-state index contributed by atoms with van der Waals surface area (Å²) in [5.41, 5.74) is 5.88. The number of amides is 1. The maximum absolute atomic E-state index is 12.3. The van der Waals surface area contributed by atoms with E-state index in [9.17, 15) is 18.0 Å². The molecule has 2 rings (SSSR count). The van der Waals surface area contributed by atoms with Crippen molar-refractivity contribution in [1.29, 1.82) is 0 Å². The highest BCUT2D eigenvalue weighted by molar-refractivity contribution is 5.85. The first kappa shape index (κ1) is 18.5. The van der Waals surface area contributed by atoms with E-state index in [-0.39, 0.29) is 30.3 Å². The van der Waals surface area contributed by atoms with Gasteiger partial charge in [0.1, 0.15) is 0 Å². The molecule has 0 bridgehead atoms. The predicted octanol–water partition coefficient (Wildman–Crippen LogP) is 1.63. The molecule has 1 saturated heterocycles. The molecule has 0 spiro atoms. The highest BCUT2D eigenvalue weighted by Crippen LogP contribution is 2.25. The molecule has 0 aromatic carbocycles. The van der Waals surface area contributed by atoms with Gasteiger partial charge in [0, 0.05) is 38.1 Å². The average molecular weight is 330 g/mol. The Hall–Kier alpha value is -0.530. The van der Waals surface area contributed by atoms with Crippen molar-refractivity contribution in [3.63, 3.8) is 0 Å². The van der Waals surface area contributed by atoms with E-state index >= 15 is 0 Å². The molecular formula is C13H23ClF3N3O. The van der Waals surface area contributed by atoms with E-state index < -0.39 is 12.7 Å². The minimum absolute atomic E-state index is 0. The fourth-order valence-corrected chi connectivity index (χ4v) is 3.09. The van der Waals surface area contributed by atoms with Gasteiger partial charge in [-0.15, -0.1) is 12.4 Å². The summed E-state index contributed by atoms with van der Waals surface area (Å²) in [4.78, 5) is 15.4. The van der Waals surface area contributed by atoms with Crippen LogP contribution < -0.4 is 5.73 Å². The third-order valence-electron chi connectivity index (χ3n) is 4.15. The Bertz CT molecular complexity index is 346. The lowest BCUT2D eigenvalue weighted by atomic mass is 9.85. The quantitative estimate of drug-likeness (QED) is 0.838. The number of carbonyl (C=O) groups is 1. The monoisotopic (exact) mass is 329 g/mol. The molecule has 1 aliphatic heterocycles. The molecule has 0 radical (unpaired) electrons. The molecule has 0 aromatic heterocycles. The predicted molar refractivity (Wildman–Crippen MR) is 76.3 cm³/mol. The molecule has 2 aliphatic rings. The highest BCUT2D eigenvalue weighted by Gasteiger charge is 2.34. The zero-order valence-electron chi connectivity index (χ0n) is 11.9. The van der Waals surface area contributed by atoms with Crippen molar-refractivity contribution >= 4 is 18.3 Å². The molecule has 124 valence electrons. The maximum Gasteiger partial charge on any atom is 0.401 e. The standard InChI is InChI=1S/C13H22F3N3O.ClH/c14-13(15,16)9-18-4-6-19(7-5-18)12(20)10-2-1-3-11(17)8-10;/h10-11H,1-9,17H2;1H/t10-,11+;/m1./s1. The maximum atomic E-state index is 12.3. The highest BCUT2D eigenvalue weighted by atomic mass is 35.5. The number of nitrogens with two attached hydrogens (primary N) is 1. The number of halogens is 4. The second-order valence-electron chi connectivity index (χ2n) is 5.84. The molecule has 21 heavy (non-hydrogen) atoms. The minimum atomic E-state index is -4.16. The smallest absolute Gasteiger partial charge is 0.340 e. The molecule has 1 aliphatic carbocycles. The molecule has 1 saturated carbocycles. The van der Waals surface area contributed by atoms with Crippen LogP contribution in [0.2, 0.25) is 0 Å². The number of nitrogens with zero attached hydrogens (tertiary/aromatic N) is 2. The van der Waals surface area contributed by atoms with Crippen molar-refractivity contribution in [1.82, 2.24) is 9.80 Å². The van der Waals surface area contributed by atoms with Gasteiger partial charge < -0.3 is 10.6 Å². The topological polar surface area (TPSA) is 49.6 Å². The summed E-state index contributed by atoms with van der Waals surface area (Å²) < 4.78 is 36.9. The lowest BCUT2D eigenvalue weighted by Crippen LogP contribution is -2.52. The van der Waals surface area contributed by atoms with Gasteiger partial charge in [-0.05, 0) is 19.3 Å². The largest absolute Gasteiger partial charge is 0.401 e. The molecule has 0 unspecified atom stereocenters. The van der Waals surface area contributed by atoms with Crippen LogP contribution in [0.1, 0.15) is 25.7 Å². The van der Waals surface area contributed by atoms with Gasteiger partial charge in [0.25, 0.3) is 0 Å². The van der Waals surface area contributed by atoms with Crippen LogP contribution in [-0.4, -0.2) is 60.6 Å². The van der Waals surface area contributed by atoms with E-state index in [0.29, 0.717) is 32.6 Å². The van der Waals surface area contributed by atoms with Crippen LogP contribution in [0, 0.1) is 5.92 Å². The number of hydrogen-bond donors (Lipinski definition) is 1. The van der Waals surface area contributed by atoms with Crippen LogP contribution >= 0.6 is 12.4 Å². The van der Waals surface area contributed by atoms with E-state index in [1.165, 1.54) is 4.90 Å². The van der Waals surface area contributed by atoms with E-state index in [2.05, 4.69) is 0 Å². The molecular weight excluding hydrogens is 307 g/mol. The van der Waals surface area contributed by atoms with Gasteiger partial charge in [-0.25, -0.2) is 0 Å². The Labute approximate surface area is 129 Å². The van der Waals surface area contributed by atoms with Gasteiger partial charge in [-0.3, -0.25) is 9.69 Å². The van der Waals surface area contributed by atoms with Crippen LogP contribution in [0.4, 0.5) is 13.2 Å². The Morgan fingerprint density at radius 2 is 1.76 bits per heavy atom. The fourth-order valence-electron chi connectivity index (χ4n) is 3.09. The first-order valence-corrected chi connectivity index (χ1v) is 7.18. The first-order chi connectivity index (χ1) is 9.35. The fraction of sp³-hybridized carbons (Fsp3) is 0.923. The van der Waals surface area contributed by atoms with Gasteiger partial charge in [0.2, 0.25) is 5.91 Å².